The van der Waals surface area contributed by atoms with E-state index in [1.807, 2.05) is 12.1 Å². The van der Waals surface area contributed by atoms with Gasteiger partial charge >= 0.3 is 0 Å². The molecule has 0 saturated heterocycles. The minimum Gasteiger partial charge on any atom is -0.497 e. The molecule has 0 radical (unpaired) electrons. The standard InChI is InChI=1S/C14H22N2O/c1-13(2)9-15-11-7-6-10(17-5)8-12(11)16-14(13,3)4/h6-8,15-16H,9H2,1-5H3. The molecule has 3 nitrogen and oxygen atoms in total. The van der Waals surface area contributed by atoms with E-state index in [1.165, 1.54) is 0 Å². The van der Waals surface area contributed by atoms with Gasteiger partial charge in [0.05, 0.1) is 18.5 Å². The van der Waals surface area contributed by atoms with Crippen LogP contribution in [0.4, 0.5) is 11.4 Å². The topological polar surface area (TPSA) is 33.3 Å². The molecule has 0 bridgehead atoms. The molecule has 0 amide bonds. The molecule has 0 unspecified atom stereocenters. The van der Waals surface area contributed by atoms with Crippen molar-refractivity contribution in [1.29, 1.82) is 0 Å². The number of fused-ring (bicyclic) bond motifs is 1. The summed E-state index contributed by atoms with van der Waals surface area (Å²) in [5.41, 5.74) is 2.45. The highest BCUT2D eigenvalue weighted by atomic mass is 16.5. The molecule has 0 saturated carbocycles. The van der Waals surface area contributed by atoms with Crippen molar-refractivity contribution in [1.82, 2.24) is 0 Å². The Morgan fingerprint density at radius 1 is 1.12 bits per heavy atom. The highest BCUT2D eigenvalue weighted by molar-refractivity contribution is 5.72. The molecule has 2 N–H and O–H groups in total. The van der Waals surface area contributed by atoms with Crippen LogP contribution in [0, 0.1) is 5.41 Å². The maximum absolute atomic E-state index is 5.27. The quantitative estimate of drug-likeness (QED) is 0.782. The fourth-order valence-electron chi connectivity index (χ4n) is 1.95. The average Bonchev–Trinajstić information content (AvgIpc) is 2.34. The van der Waals surface area contributed by atoms with Gasteiger partial charge in [0.1, 0.15) is 5.75 Å². The van der Waals surface area contributed by atoms with E-state index in [4.69, 9.17) is 4.74 Å². The van der Waals surface area contributed by atoms with Crippen molar-refractivity contribution >= 4 is 11.4 Å². The van der Waals surface area contributed by atoms with Gasteiger partial charge in [-0.2, -0.15) is 0 Å². The van der Waals surface area contributed by atoms with E-state index in [2.05, 4.69) is 44.4 Å². The van der Waals surface area contributed by atoms with Crippen LogP contribution in [0.5, 0.6) is 5.75 Å². The van der Waals surface area contributed by atoms with E-state index in [9.17, 15) is 0 Å². The molecule has 1 aromatic carbocycles. The molecule has 0 aliphatic carbocycles. The van der Waals surface area contributed by atoms with Crippen LogP contribution in [0.3, 0.4) is 0 Å². The lowest BCUT2D eigenvalue weighted by atomic mass is 9.74. The van der Waals surface area contributed by atoms with Gasteiger partial charge in [0.25, 0.3) is 0 Å². The smallest absolute Gasteiger partial charge is 0.121 e. The van der Waals surface area contributed by atoms with Crippen LogP contribution in [-0.2, 0) is 0 Å². The number of anilines is 2. The van der Waals surface area contributed by atoms with Crippen molar-refractivity contribution in [3.05, 3.63) is 18.2 Å². The van der Waals surface area contributed by atoms with Gasteiger partial charge in [-0.25, -0.2) is 0 Å². The van der Waals surface area contributed by atoms with Gasteiger partial charge in [-0.1, -0.05) is 13.8 Å². The molecule has 1 aromatic rings. The minimum atomic E-state index is 0.0254. The van der Waals surface area contributed by atoms with Crippen molar-refractivity contribution in [3.63, 3.8) is 0 Å². The summed E-state index contributed by atoms with van der Waals surface area (Å²) in [7, 11) is 1.70. The number of benzene rings is 1. The first-order valence-corrected chi connectivity index (χ1v) is 6.06. The van der Waals surface area contributed by atoms with Crippen LogP contribution in [0.15, 0.2) is 18.2 Å². The summed E-state index contributed by atoms with van der Waals surface area (Å²) in [4.78, 5) is 0. The second kappa shape index (κ2) is 3.83. The van der Waals surface area contributed by atoms with E-state index in [-0.39, 0.29) is 11.0 Å². The first-order chi connectivity index (χ1) is 7.86. The molecule has 1 aliphatic rings. The first-order valence-electron chi connectivity index (χ1n) is 6.06. The fraction of sp³-hybridized carbons (Fsp3) is 0.571. The Bertz CT molecular complexity index is 424. The van der Waals surface area contributed by atoms with Crippen LogP contribution in [-0.4, -0.2) is 19.2 Å². The normalized spacial score (nSPS) is 20.5. The number of rotatable bonds is 1. The summed E-state index contributed by atoms with van der Waals surface area (Å²) in [6.07, 6.45) is 0. The Balaban J connectivity index is 2.42. The maximum Gasteiger partial charge on any atom is 0.121 e. The Morgan fingerprint density at radius 3 is 2.47 bits per heavy atom. The zero-order chi connectivity index (χ0) is 12.7. The zero-order valence-corrected chi connectivity index (χ0v) is 11.3. The van der Waals surface area contributed by atoms with Crippen molar-refractivity contribution in [2.45, 2.75) is 33.2 Å². The summed E-state index contributed by atoms with van der Waals surface area (Å²) >= 11 is 0. The monoisotopic (exact) mass is 234 g/mol. The molecule has 3 heteroatoms. The summed E-state index contributed by atoms with van der Waals surface area (Å²) in [5.74, 6) is 0.883. The lowest BCUT2D eigenvalue weighted by Gasteiger charge is -2.41. The number of methoxy groups -OCH3 is 1. The zero-order valence-electron chi connectivity index (χ0n) is 11.3. The third-order valence-corrected chi connectivity index (χ3v) is 4.09. The molecule has 0 fully saturated rings. The molecule has 1 heterocycles. The summed E-state index contributed by atoms with van der Waals surface area (Å²) in [6.45, 7) is 9.98. The molecule has 1 aliphatic heterocycles. The van der Waals surface area contributed by atoms with Crippen LogP contribution in [0.1, 0.15) is 27.7 Å². The average molecular weight is 234 g/mol. The second-order valence-corrected chi connectivity index (χ2v) is 5.90. The van der Waals surface area contributed by atoms with Crippen molar-refractivity contribution < 1.29 is 4.74 Å². The summed E-state index contributed by atoms with van der Waals surface area (Å²) in [5, 5.41) is 7.13. The second-order valence-electron chi connectivity index (χ2n) is 5.90. The van der Waals surface area contributed by atoms with Gasteiger partial charge in [-0.05, 0) is 26.0 Å². The molecular weight excluding hydrogens is 212 g/mol. The van der Waals surface area contributed by atoms with E-state index in [1.54, 1.807) is 7.11 Å². The van der Waals surface area contributed by atoms with Gasteiger partial charge in [-0.15, -0.1) is 0 Å². The number of ether oxygens (including phenoxy) is 1. The lowest BCUT2D eigenvalue weighted by Crippen LogP contribution is -2.47. The van der Waals surface area contributed by atoms with Crippen molar-refractivity contribution in [2.24, 2.45) is 5.41 Å². The Morgan fingerprint density at radius 2 is 1.82 bits per heavy atom. The van der Waals surface area contributed by atoms with Gasteiger partial charge in [0.2, 0.25) is 0 Å². The third-order valence-electron chi connectivity index (χ3n) is 4.09. The van der Waals surface area contributed by atoms with Gasteiger partial charge in [-0.3, -0.25) is 0 Å². The molecule has 0 atom stereocenters. The van der Waals surface area contributed by atoms with Crippen LogP contribution >= 0.6 is 0 Å². The van der Waals surface area contributed by atoms with E-state index >= 15 is 0 Å². The highest BCUT2D eigenvalue weighted by Gasteiger charge is 2.39. The fourth-order valence-corrected chi connectivity index (χ4v) is 1.95. The Hall–Kier alpha value is -1.38. The van der Waals surface area contributed by atoms with Gasteiger partial charge < -0.3 is 15.4 Å². The number of hydrogen-bond donors (Lipinski definition) is 2. The van der Waals surface area contributed by atoms with E-state index < -0.39 is 0 Å². The SMILES string of the molecule is COc1ccc2c(c1)NC(C)(C)C(C)(C)CN2. The molecule has 2 rings (SSSR count). The largest absolute Gasteiger partial charge is 0.497 e. The van der Waals surface area contributed by atoms with E-state index in [0.717, 1.165) is 23.7 Å². The van der Waals surface area contributed by atoms with Crippen LogP contribution in [0.2, 0.25) is 0 Å². The van der Waals surface area contributed by atoms with Crippen LogP contribution < -0.4 is 15.4 Å². The molecule has 94 valence electrons. The van der Waals surface area contributed by atoms with Crippen molar-refractivity contribution in [2.75, 3.05) is 24.3 Å². The predicted molar refractivity (Wildman–Crippen MR) is 73.0 cm³/mol. The molecule has 0 aromatic heterocycles. The van der Waals surface area contributed by atoms with Crippen LogP contribution in [0.25, 0.3) is 0 Å². The Kier molecular flexibility index (Phi) is 2.72. The number of hydrogen-bond acceptors (Lipinski definition) is 3. The molecule has 17 heavy (non-hydrogen) atoms. The molecular formula is C14H22N2O. The maximum atomic E-state index is 5.27. The van der Waals surface area contributed by atoms with Gasteiger partial charge in [0, 0.05) is 23.6 Å². The van der Waals surface area contributed by atoms with Crippen molar-refractivity contribution in [3.8, 4) is 5.75 Å². The highest BCUT2D eigenvalue weighted by Crippen LogP contribution is 2.40. The predicted octanol–water partition coefficient (Wildman–Crippen LogP) is 3.34. The minimum absolute atomic E-state index is 0.0254. The van der Waals surface area contributed by atoms with Gasteiger partial charge in [0.15, 0.2) is 0 Å². The Labute approximate surface area is 104 Å². The summed E-state index contributed by atoms with van der Waals surface area (Å²) < 4.78 is 5.27. The summed E-state index contributed by atoms with van der Waals surface area (Å²) in [6, 6.07) is 6.10. The third kappa shape index (κ3) is 2.06. The van der Waals surface area contributed by atoms with E-state index in [0.29, 0.717) is 0 Å². The first kappa shape index (κ1) is 12.1. The molecule has 0 spiro atoms. The number of nitrogens with one attached hydrogen (secondary N) is 2. The lowest BCUT2D eigenvalue weighted by molar-refractivity contribution is 0.245.